The molecule has 0 unspecified atom stereocenters. The molecule has 18 heavy (non-hydrogen) atoms. The van der Waals surface area contributed by atoms with Crippen LogP contribution in [0.4, 0.5) is 0 Å². The predicted octanol–water partition coefficient (Wildman–Crippen LogP) is 3.13. The number of phenols is 2. The molecule has 0 fully saturated rings. The third-order valence-corrected chi connectivity index (χ3v) is 2.95. The number of phenolic OH excluding ortho intramolecular Hbond substituents is 2. The first-order valence-corrected chi connectivity index (χ1v) is 5.68. The average molecular weight is 240 g/mol. The summed E-state index contributed by atoms with van der Waals surface area (Å²) in [5.41, 5.74) is 2.94. The number of hydrogen-bond acceptors (Lipinski definition) is 3. The molecule has 1 aliphatic rings. The van der Waals surface area contributed by atoms with Crippen LogP contribution in [0.3, 0.4) is 0 Å². The van der Waals surface area contributed by atoms with E-state index in [2.05, 4.69) is 0 Å². The van der Waals surface area contributed by atoms with Crippen LogP contribution in [0.2, 0.25) is 0 Å². The van der Waals surface area contributed by atoms with E-state index in [1.165, 1.54) is 0 Å². The molecule has 0 saturated carbocycles. The molecule has 90 valence electrons. The Bertz CT molecular complexity index is 612. The summed E-state index contributed by atoms with van der Waals surface area (Å²) >= 11 is 0. The van der Waals surface area contributed by atoms with Crippen LogP contribution in [0.15, 0.2) is 42.5 Å². The largest absolute Gasteiger partial charge is 0.508 e. The summed E-state index contributed by atoms with van der Waals surface area (Å²) in [7, 11) is 0. The van der Waals surface area contributed by atoms with Gasteiger partial charge in [-0.1, -0.05) is 6.07 Å². The molecular weight excluding hydrogens is 228 g/mol. The van der Waals surface area contributed by atoms with Crippen LogP contribution in [0.1, 0.15) is 16.7 Å². The summed E-state index contributed by atoms with van der Waals surface area (Å²) in [4.78, 5) is 0. The molecule has 0 atom stereocenters. The van der Waals surface area contributed by atoms with Crippen molar-refractivity contribution >= 4 is 11.8 Å². The molecule has 0 aromatic heterocycles. The summed E-state index contributed by atoms with van der Waals surface area (Å²) in [5.74, 6) is 1.26. The molecule has 2 N–H and O–H groups in total. The Morgan fingerprint density at radius 1 is 0.889 bits per heavy atom. The maximum Gasteiger partial charge on any atom is 0.127 e. The number of rotatable bonds is 1. The molecule has 0 aliphatic carbocycles. The molecule has 0 spiro atoms. The molecule has 0 saturated heterocycles. The Hall–Kier alpha value is -2.42. The average Bonchev–Trinajstić information content (AvgIpc) is 2.39. The zero-order valence-corrected chi connectivity index (χ0v) is 9.63. The van der Waals surface area contributed by atoms with E-state index in [-0.39, 0.29) is 11.5 Å². The molecule has 1 heterocycles. The Kier molecular flexibility index (Phi) is 2.45. The van der Waals surface area contributed by atoms with Crippen LogP contribution >= 0.6 is 0 Å². The van der Waals surface area contributed by atoms with E-state index >= 15 is 0 Å². The van der Waals surface area contributed by atoms with E-state index in [4.69, 9.17) is 4.74 Å². The Balaban J connectivity index is 2.00. The van der Waals surface area contributed by atoms with Gasteiger partial charge in [0.25, 0.3) is 0 Å². The minimum Gasteiger partial charge on any atom is -0.508 e. The van der Waals surface area contributed by atoms with Crippen molar-refractivity contribution in [1.82, 2.24) is 0 Å². The number of aromatic hydroxyl groups is 2. The summed E-state index contributed by atoms with van der Waals surface area (Å²) in [6, 6.07) is 12.1. The van der Waals surface area contributed by atoms with Crippen LogP contribution in [0.25, 0.3) is 11.8 Å². The van der Waals surface area contributed by atoms with Crippen molar-refractivity contribution in [1.29, 1.82) is 0 Å². The highest BCUT2D eigenvalue weighted by Gasteiger charge is 2.13. The van der Waals surface area contributed by atoms with Gasteiger partial charge < -0.3 is 14.9 Å². The van der Waals surface area contributed by atoms with Crippen LogP contribution < -0.4 is 0 Å². The fourth-order valence-corrected chi connectivity index (χ4v) is 1.99. The number of ether oxygens (including phenoxy) is 1. The predicted molar refractivity (Wildman–Crippen MR) is 68.9 cm³/mol. The first-order chi connectivity index (χ1) is 8.72. The zero-order chi connectivity index (χ0) is 12.5. The summed E-state index contributed by atoms with van der Waals surface area (Å²) in [5, 5.41) is 18.7. The molecule has 3 rings (SSSR count). The van der Waals surface area contributed by atoms with E-state index < -0.39 is 0 Å². The van der Waals surface area contributed by atoms with E-state index in [1.807, 2.05) is 24.3 Å². The first kappa shape index (κ1) is 10.7. The molecule has 0 amide bonds. The minimum absolute atomic E-state index is 0.237. The minimum atomic E-state index is 0.237. The molecule has 0 bridgehead atoms. The van der Waals surface area contributed by atoms with Crippen LogP contribution in [0, 0.1) is 0 Å². The Morgan fingerprint density at radius 3 is 2.39 bits per heavy atom. The van der Waals surface area contributed by atoms with E-state index in [0.717, 1.165) is 22.4 Å². The van der Waals surface area contributed by atoms with Gasteiger partial charge >= 0.3 is 0 Å². The van der Waals surface area contributed by atoms with Gasteiger partial charge in [-0.05, 0) is 48.0 Å². The second-order valence-corrected chi connectivity index (χ2v) is 4.23. The summed E-state index contributed by atoms with van der Waals surface area (Å²) in [6.07, 6.45) is 1.94. The molecule has 1 aliphatic heterocycles. The topological polar surface area (TPSA) is 49.7 Å². The monoisotopic (exact) mass is 240 g/mol. The Labute approximate surface area is 105 Å². The smallest absolute Gasteiger partial charge is 0.127 e. The standard InChI is InChI=1S/C15H12O3/c16-13-4-1-10(2-5-13)15-8-11-3-6-14(17)7-12(11)9-18-15/h1-8,16-17H,9H2. The van der Waals surface area contributed by atoms with Gasteiger partial charge in [-0.15, -0.1) is 0 Å². The van der Waals surface area contributed by atoms with Gasteiger partial charge in [0.2, 0.25) is 0 Å². The third kappa shape index (κ3) is 1.91. The van der Waals surface area contributed by atoms with Crippen molar-refractivity contribution in [3.8, 4) is 11.5 Å². The van der Waals surface area contributed by atoms with Crippen molar-refractivity contribution in [3.05, 3.63) is 59.2 Å². The van der Waals surface area contributed by atoms with E-state index in [9.17, 15) is 10.2 Å². The van der Waals surface area contributed by atoms with E-state index in [1.54, 1.807) is 24.3 Å². The number of fused-ring (bicyclic) bond motifs is 1. The molecule has 3 heteroatoms. The van der Waals surface area contributed by atoms with Crippen molar-refractivity contribution in [3.63, 3.8) is 0 Å². The third-order valence-electron chi connectivity index (χ3n) is 2.95. The highest BCUT2D eigenvalue weighted by molar-refractivity contribution is 5.80. The van der Waals surface area contributed by atoms with Crippen molar-refractivity contribution in [2.75, 3.05) is 0 Å². The summed E-state index contributed by atoms with van der Waals surface area (Å²) in [6.45, 7) is 0.441. The SMILES string of the molecule is Oc1ccc(C2=Cc3ccc(O)cc3CO2)cc1. The van der Waals surface area contributed by atoms with Gasteiger partial charge in [0, 0.05) is 11.1 Å². The number of hydrogen-bond donors (Lipinski definition) is 2. The van der Waals surface area contributed by atoms with Crippen LogP contribution in [0.5, 0.6) is 11.5 Å². The second-order valence-electron chi connectivity index (χ2n) is 4.23. The zero-order valence-electron chi connectivity index (χ0n) is 9.63. The molecule has 0 radical (unpaired) electrons. The quantitative estimate of drug-likeness (QED) is 0.805. The lowest BCUT2D eigenvalue weighted by Crippen LogP contribution is -2.01. The lowest BCUT2D eigenvalue weighted by molar-refractivity contribution is 0.261. The van der Waals surface area contributed by atoms with Crippen LogP contribution in [-0.4, -0.2) is 10.2 Å². The maximum atomic E-state index is 9.40. The van der Waals surface area contributed by atoms with Crippen LogP contribution in [-0.2, 0) is 11.3 Å². The lowest BCUT2D eigenvalue weighted by atomic mass is 10.0. The van der Waals surface area contributed by atoms with Crippen molar-refractivity contribution < 1.29 is 14.9 Å². The van der Waals surface area contributed by atoms with Gasteiger partial charge in [0.05, 0.1) is 0 Å². The fraction of sp³-hybridized carbons (Fsp3) is 0.0667. The highest BCUT2D eigenvalue weighted by Crippen LogP contribution is 2.30. The van der Waals surface area contributed by atoms with Gasteiger partial charge in [-0.25, -0.2) is 0 Å². The van der Waals surface area contributed by atoms with Crippen molar-refractivity contribution in [2.45, 2.75) is 6.61 Å². The number of benzene rings is 2. The van der Waals surface area contributed by atoms with Gasteiger partial charge in [0.1, 0.15) is 23.9 Å². The van der Waals surface area contributed by atoms with Gasteiger partial charge in [-0.3, -0.25) is 0 Å². The lowest BCUT2D eigenvalue weighted by Gasteiger charge is -2.18. The normalized spacial score (nSPS) is 13.4. The van der Waals surface area contributed by atoms with Gasteiger partial charge in [-0.2, -0.15) is 0 Å². The van der Waals surface area contributed by atoms with E-state index in [0.29, 0.717) is 6.61 Å². The van der Waals surface area contributed by atoms with Gasteiger partial charge in [0.15, 0.2) is 0 Å². The molecule has 2 aromatic carbocycles. The Morgan fingerprint density at radius 2 is 1.61 bits per heavy atom. The maximum absolute atomic E-state index is 9.40. The first-order valence-electron chi connectivity index (χ1n) is 5.68. The molecule has 2 aromatic rings. The fourth-order valence-electron chi connectivity index (χ4n) is 1.99. The second kappa shape index (κ2) is 4.11. The highest BCUT2D eigenvalue weighted by atomic mass is 16.5. The summed E-state index contributed by atoms with van der Waals surface area (Å²) < 4.78 is 5.65. The van der Waals surface area contributed by atoms with Crippen molar-refractivity contribution in [2.24, 2.45) is 0 Å². The molecule has 3 nitrogen and oxygen atoms in total. The molecular formula is C15H12O3.